The predicted octanol–water partition coefficient (Wildman–Crippen LogP) is 5.68. The first-order valence-electron chi connectivity index (χ1n) is 14.4. The average molecular weight is 560 g/mol. The Bertz CT molecular complexity index is 2040. The minimum Gasteiger partial charge on any atom is -0.338 e. The van der Waals surface area contributed by atoms with Gasteiger partial charge in [-0.1, -0.05) is 97.1 Å². The average Bonchev–Trinajstić information content (AvgIpc) is 3.77. The lowest BCUT2D eigenvalue weighted by Crippen LogP contribution is -2.50. The van der Waals surface area contributed by atoms with Crippen molar-refractivity contribution in [2.45, 2.75) is 12.3 Å². The fourth-order valence-electron chi connectivity index (χ4n) is 7.29. The molecule has 0 radical (unpaired) electrons. The van der Waals surface area contributed by atoms with Gasteiger partial charge in [-0.05, 0) is 11.1 Å². The zero-order chi connectivity index (χ0) is 28.4. The van der Waals surface area contributed by atoms with Crippen molar-refractivity contribution in [3.63, 3.8) is 0 Å². The van der Waals surface area contributed by atoms with Crippen LogP contribution in [0.2, 0.25) is 0 Å². The number of hydrogen-bond acceptors (Lipinski definition) is 8. The molecule has 2 unspecified atom stereocenters. The van der Waals surface area contributed by atoms with Gasteiger partial charge in [0.25, 0.3) is 0 Å². The van der Waals surface area contributed by atoms with Crippen LogP contribution in [0, 0.1) is 0 Å². The van der Waals surface area contributed by atoms with Gasteiger partial charge in [-0.2, -0.15) is 5.01 Å². The summed E-state index contributed by atoms with van der Waals surface area (Å²) in [6.45, 7) is 0. The maximum atomic E-state index is 5.28. The Labute approximate surface area is 247 Å². The van der Waals surface area contributed by atoms with Crippen LogP contribution in [-0.2, 0) is 0 Å². The van der Waals surface area contributed by atoms with Crippen LogP contribution in [0.15, 0.2) is 117 Å². The summed E-state index contributed by atoms with van der Waals surface area (Å²) in [7, 11) is 4.24. The van der Waals surface area contributed by atoms with Crippen molar-refractivity contribution < 1.29 is 0 Å². The molecule has 1 aromatic heterocycles. The largest absolute Gasteiger partial charge is 0.338 e. The molecule has 0 spiro atoms. The Kier molecular flexibility index (Phi) is 4.32. The fourth-order valence-corrected chi connectivity index (χ4v) is 7.29. The third-order valence-electron chi connectivity index (χ3n) is 9.19. The molecule has 0 aliphatic carbocycles. The number of hydrazine groups is 1. The minimum absolute atomic E-state index is 0.195. The highest BCUT2D eigenvalue weighted by Crippen LogP contribution is 2.48. The highest BCUT2D eigenvalue weighted by molar-refractivity contribution is 6.24. The zero-order valence-electron chi connectivity index (χ0n) is 23.5. The number of hydrogen-bond donors (Lipinski definition) is 1. The van der Waals surface area contributed by atoms with Gasteiger partial charge in [0.05, 0.1) is 0 Å². The maximum Gasteiger partial charge on any atom is 0.165 e. The molecule has 4 aromatic carbocycles. The van der Waals surface area contributed by atoms with Gasteiger partial charge in [-0.3, -0.25) is 0 Å². The summed E-state index contributed by atoms with van der Waals surface area (Å²) in [5.41, 5.74) is 10.4. The van der Waals surface area contributed by atoms with Crippen LogP contribution in [0.5, 0.6) is 0 Å². The van der Waals surface area contributed by atoms with E-state index in [0.29, 0.717) is 11.7 Å². The van der Waals surface area contributed by atoms with Gasteiger partial charge in [0.1, 0.15) is 24.0 Å². The Morgan fingerprint density at radius 3 is 1.42 bits per heavy atom. The Hall–Kier alpha value is -5.54. The Morgan fingerprint density at radius 1 is 0.512 bits per heavy atom. The van der Waals surface area contributed by atoms with E-state index in [2.05, 4.69) is 132 Å². The van der Waals surface area contributed by atoms with E-state index in [1.54, 1.807) is 0 Å². The Morgan fingerprint density at radius 2 is 0.930 bits per heavy atom. The second kappa shape index (κ2) is 8.05. The fraction of sp³-hybridized carbons (Fsp3) is 0.118. The molecule has 5 aliphatic heterocycles. The molecule has 0 fully saturated rings. The van der Waals surface area contributed by atoms with Crippen LogP contribution in [0.25, 0.3) is 10.8 Å². The normalized spacial score (nSPS) is 20.9. The number of rotatable bonds is 0. The number of aromatic nitrogens is 1. The lowest BCUT2D eigenvalue weighted by Gasteiger charge is -2.41. The maximum absolute atomic E-state index is 5.28. The van der Waals surface area contributed by atoms with Crippen molar-refractivity contribution in [2.75, 3.05) is 19.6 Å². The summed E-state index contributed by atoms with van der Waals surface area (Å²) in [5, 5.41) is 4.28. The molecule has 2 atom stereocenters. The summed E-state index contributed by atoms with van der Waals surface area (Å²) in [6, 6.07) is 33.7. The van der Waals surface area contributed by atoms with Gasteiger partial charge in [-0.25, -0.2) is 30.2 Å². The third-order valence-corrected chi connectivity index (χ3v) is 9.19. The number of benzene rings is 4. The van der Waals surface area contributed by atoms with Crippen LogP contribution in [0.1, 0.15) is 45.7 Å². The number of amidine groups is 4. The van der Waals surface area contributed by atoms with Crippen LogP contribution in [-0.4, -0.2) is 56.9 Å². The highest BCUT2D eigenvalue weighted by atomic mass is 15.8. The molecule has 0 amide bonds. The quantitative estimate of drug-likeness (QED) is 0.265. The van der Waals surface area contributed by atoms with E-state index in [4.69, 9.17) is 20.0 Å². The van der Waals surface area contributed by atoms with E-state index in [9.17, 15) is 0 Å². The van der Waals surface area contributed by atoms with Crippen molar-refractivity contribution in [2.24, 2.45) is 20.0 Å². The lowest BCUT2D eigenvalue weighted by molar-refractivity contribution is 0.0469. The monoisotopic (exact) mass is 559 g/mol. The molecule has 206 valence electrons. The predicted molar refractivity (Wildman–Crippen MR) is 169 cm³/mol. The molecule has 6 bridgehead atoms. The van der Waals surface area contributed by atoms with Crippen LogP contribution in [0.4, 0.5) is 11.6 Å². The van der Waals surface area contributed by atoms with E-state index in [1.807, 2.05) is 4.68 Å². The van der Waals surface area contributed by atoms with Gasteiger partial charge in [0, 0.05) is 47.1 Å². The summed E-state index contributed by atoms with van der Waals surface area (Å²) < 4.78 is 2.03. The van der Waals surface area contributed by atoms with Gasteiger partial charge in [0.2, 0.25) is 0 Å². The Balaban J connectivity index is 1.37. The molecule has 5 aromatic rings. The molecule has 9 heteroatoms. The van der Waals surface area contributed by atoms with E-state index in [0.717, 1.165) is 56.3 Å². The summed E-state index contributed by atoms with van der Waals surface area (Å²) in [6.07, 6.45) is -0.390. The minimum atomic E-state index is -0.195. The highest BCUT2D eigenvalue weighted by Gasteiger charge is 2.47. The van der Waals surface area contributed by atoms with Gasteiger partial charge >= 0.3 is 0 Å². The molecular weight excluding hydrogens is 534 g/mol. The second-order valence-corrected chi connectivity index (χ2v) is 11.5. The van der Waals surface area contributed by atoms with Gasteiger partial charge in [-0.15, -0.1) is 0 Å². The van der Waals surface area contributed by atoms with Crippen molar-refractivity contribution in [3.05, 3.63) is 130 Å². The first kappa shape index (κ1) is 23.1. The summed E-state index contributed by atoms with van der Waals surface area (Å²) in [4.78, 5) is 25.5. The van der Waals surface area contributed by atoms with Crippen molar-refractivity contribution in [1.29, 1.82) is 0 Å². The molecular formula is C34H25N9. The van der Waals surface area contributed by atoms with Crippen molar-refractivity contribution in [1.82, 2.24) is 19.5 Å². The first-order chi connectivity index (χ1) is 21.2. The first-order valence-corrected chi connectivity index (χ1v) is 14.4. The van der Waals surface area contributed by atoms with E-state index < -0.39 is 0 Å². The van der Waals surface area contributed by atoms with Crippen LogP contribution < -0.4 is 5.53 Å². The molecule has 5 aliphatic rings. The molecule has 0 saturated carbocycles. The number of aliphatic imine (C=N–C) groups is 4. The lowest BCUT2D eigenvalue weighted by atomic mass is 10.0. The topological polar surface area (TPSA) is 76.1 Å². The SMILES string of the molecule is CN1C2=NC(=Nc3c4ccccc4c4n3NN3C1c1ccccc1C3N(C)C1=NC(=N4)c3ccccc31)c1ccccc12. The van der Waals surface area contributed by atoms with Crippen molar-refractivity contribution in [3.8, 4) is 0 Å². The molecule has 1 N–H and O–H groups in total. The number of nitrogens with one attached hydrogen (secondary N) is 1. The van der Waals surface area contributed by atoms with Crippen LogP contribution >= 0.6 is 0 Å². The number of nitrogens with zero attached hydrogens (tertiary/aromatic N) is 8. The van der Waals surface area contributed by atoms with E-state index in [1.165, 1.54) is 11.1 Å². The smallest absolute Gasteiger partial charge is 0.165 e. The van der Waals surface area contributed by atoms with Crippen molar-refractivity contribution >= 4 is 45.8 Å². The van der Waals surface area contributed by atoms with E-state index >= 15 is 0 Å². The van der Waals surface area contributed by atoms with Crippen LogP contribution in [0.3, 0.4) is 0 Å². The van der Waals surface area contributed by atoms with Gasteiger partial charge in [0.15, 0.2) is 23.3 Å². The number of fused-ring (bicyclic) bond motifs is 14. The molecule has 43 heavy (non-hydrogen) atoms. The standard InChI is InChI=1S/C34H25N9/c1-40-29-21-13-5-3-11-19(21)27(35-29)37-31-23-15-7-8-16-24(23)32-38-28-20-12-4-6-14-22(20)30(36-28)41(2)34-26-18-10-9-17-25(26)33(40)43(34)39-42(31)32/h3-18,33-34,39H,1-2H3. The third kappa shape index (κ3) is 2.89. The molecule has 0 saturated heterocycles. The summed E-state index contributed by atoms with van der Waals surface area (Å²) >= 11 is 0. The van der Waals surface area contributed by atoms with E-state index in [-0.39, 0.29) is 12.3 Å². The molecule has 9 nitrogen and oxygen atoms in total. The van der Waals surface area contributed by atoms with Gasteiger partial charge < -0.3 is 9.80 Å². The molecule has 6 heterocycles. The zero-order valence-corrected chi connectivity index (χ0v) is 23.5. The second-order valence-electron chi connectivity index (χ2n) is 11.5. The molecule has 10 rings (SSSR count). The summed E-state index contributed by atoms with van der Waals surface area (Å²) in [5.74, 6) is 4.67.